The summed E-state index contributed by atoms with van der Waals surface area (Å²) in [5.74, 6) is -0.265. The minimum Gasteiger partial charge on any atom is -0.326 e. The van der Waals surface area contributed by atoms with Crippen LogP contribution >= 0.6 is 0 Å². The Morgan fingerprint density at radius 1 is 1.35 bits per heavy atom. The second kappa shape index (κ2) is 5.46. The van der Waals surface area contributed by atoms with Crippen molar-refractivity contribution >= 4 is 21.4 Å². The van der Waals surface area contributed by atoms with E-state index >= 15 is 0 Å². The second-order valence-electron chi connectivity index (χ2n) is 3.50. The Labute approximate surface area is 100.0 Å². The monoisotopic (exact) mass is 252 g/mol. The SMILES string of the molecule is CS(=O)(=O)c1ccc(NC(=O)CCC#N)cc1. The molecule has 0 aliphatic carbocycles. The van der Waals surface area contributed by atoms with Gasteiger partial charge in [0.05, 0.1) is 11.0 Å². The van der Waals surface area contributed by atoms with Gasteiger partial charge >= 0.3 is 0 Å². The van der Waals surface area contributed by atoms with Crippen molar-refractivity contribution in [2.24, 2.45) is 0 Å². The maximum absolute atomic E-state index is 11.3. The number of anilines is 1. The molecule has 1 aromatic carbocycles. The number of amides is 1. The van der Waals surface area contributed by atoms with E-state index in [1.165, 1.54) is 24.3 Å². The molecule has 1 aromatic rings. The number of hydrogen-bond donors (Lipinski definition) is 1. The zero-order chi connectivity index (χ0) is 12.9. The third kappa shape index (κ3) is 4.25. The van der Waals surface area contributed by atoms with Gasteiger partial charge in [-0.1, -0.05) is 0 Å². The molecule has 6 heteroatoms. The molecule has 1 rings (SSSR count). The molecule has 0 spiro atoms. The number of carbonyl (C=O) groups is 1. The summed E-state index contributed by atoms with van der Waals surface area (Å²) in [6.07, 6.45) is 1.41. The lowest BCUT2D eigenvalue weighted by atomic mass is 10.3. The van der Waals surface area contributed by atoms with Crippen LogP contribution in [0.5, 0.6) is 0 Å². The van der Waals surface area contributed by atoms with E-state index in [0.29, 0.717) is 5.69 Å². The summed E-state index contributed by atoms with van der Waals surface area (Å²) in [6.45, 7) is 0. The van der Waals surface area contributed by atoms with Gasteiger partial charge in [-0.2, -0.15) is 5.26 Å². The Balaban J connectivity index is 2.70. The van der Waals surface area contributed by atoms with Crippen LogP contribution in [0.3, 0.4) is 0 Å². The molecule has 0 bridgehead atoms. The van der Waals surface area contributed by atoms with Gasteiger partial charge in [-0.15, -0.1) is 0 Å². The van der Waals surface area contributed by atoms with E-state index in [1.54, 1.807) is 0 Å². The van der Waals surface area contributed by atoms with Crippen LogP contribution in [-0.2, 0) is 14.6 Å². The molecular weight excluding hydrogens is 240 g/mol. The molecule has 1 N–H and O–H groups in total. The molecule has 0 fully saturated rings. The summed E-state index contributed by atoms with van der Waals surface area (Å²) >= 11 is 0. The van der Waals surface area contributed by atoms with Crippen molar-refractivity contribution in [3.8, 4) is 6.07 Å². The molecule has 0 radical (unpaired) electrons. The summed E-state index contributed by atoms with van der Waals surface area (Å²) in [6, 6.07) is 7.75. The van der Waals surface area contributed by atoms with E-state index in [2.05, 4.69) is 5.32 Å². The molecule has 0 aliphatic heterocycles. The number of benzene rings is 1. The van der Waals surface area contributed by atoms with Crippen LogP contribution in [0, 0.1) is 11.3 Å². The molecule has 0 atom stereocenters. The first-order chi connectivity index (χ1) is 7.93. The summed E-state index contributed by atoms with van der Waals surface area (Å²) in [5.41, 5.74) is 0.514. The van der Waals surface area contributed by atoms with Crippen LogP contribution in [0.15, 0.2) is 29.2 Å². The van der Waals surface area contributed by atoms with E-state index in [1.807, 2.05) is 6.07 Å². The van der Waals surface area contributed by atoms with Crippen molar-refractivity contribution in [3.05, 3.63) is 24.3 Å². The Hall–Kier alpha value is -1.87. The van der Waals surface area contributed by atoms with Crippen molar-refractivity contribution < 1.29 is 13.2 Å². The maximum atomic E-state index is 11.3. The van der Waals surface area contributed by atoms with Crippen molar-refractivity contribution in [2.45, 2.75) is 17.7 Å². The number of nitrogens with one attached hydrogen (secondary N) is 1. The molecule has 5 nitrogen and oxygen atoms in total. The molecule has 0 saturated carbocycles. The quantitative estimate of drug-likeness (QED) is 0.875. The lowest BCUT2D eigenvalue weighted by Gasteiger charge is -2.04. The third-order valence-electron chi connectivity index (χ3n) is 2.03. The van der Waals surface area contributed by atoms with Gasteiger partial charge in [-0.3, -0.25) is 4.79 Å². The third-order valence-corrected chi connectivity index (χ3v) is 3.16. The van der Waals surface area contributed by atoms with Gasteiger partial charge in [0.15, 0.2) is 9.84 Å². The Morgan fingerprint density at radius 2 is 1.94 bits per heavy atom. The fourth-order valence-corrected chi connectivity index (χ4v) is 1.81. The highest BCUT2D eigenvalue weighted by Gasteiger charge is 2.07. The molecule has 0 unspecified atom stereocenters. The lowest BCUT2D eigenvalue weighted by molar-refractivity contribution is -0.116. The summed E-state index contributed by atoms with van der Waals surface area (Å²) in [7, 11) is -3.22. The number of hydrogen-bond acceptors (Lipinski definition) is 4. The van der Waals surface area contributed by atoms with E-state index in [9.17, 15) is 13.2 Å². The number of nitrogens with zero attached hydrogens (tertiary/aromatic N) is 1. The molecule has 90 valence electrons. The Kier molecular flexibility index (Phi) is 4.24. The van der Waals surface area contributed by atoms with Crippen LogP contribution in [0.2, 0.25) is 0 Å². The predicted molar refractivity (Wildman–Crippen MR) is 63.0 cm³/mol. The van der Waals surface area contributed by atoms with Gasteiger partial charge in [-0.25, -0.2) is 8.42 Å². The molecular formula is C11H12N2O3S. The Bertz CT molecular complexity index is 541. The van der Waals surface area contributed by atoms with Gasteiger partial charge in [0.2, 0.25) is 5.91 Å². The zero-order valence-corrected chi connectivity index (χ0v) is 10.1. The zero-order valence-electron chi connectivity index (χ0n) is 9.30. The first-order valence-corrected chi connectivity index (χ1v) is 6.79. The minimum absolute atomic E-state index is 0.129. The minimum atomic E-state index is -3.22. The molecule has 0 aliphatic rings. The average molecular weight is 252 g/mol. The highest BCUT2D eigenvalue weighted by Crippen LogP contribution is 2.14. The van der Waals surface area contributed by atoms with Gasteiger partial charge < -0.3 is 5.32 Å². The molecule has 0 saturated heterocycles. The number of nitriles is 1. The number of sulfone groups is 1. The van der Waals surface area contributed by atoms with Crippen LogP contribution in [0.25, 0.3) is 0 Å². The van der Waals surface area contributed by atoms with Gasteiger partial charge in [-0.05, 0) is 24.3 Å². The van der Waals surface area contributed by atoms with E-state index in [-0.39, 0.29) is 23.6 Å². The average Bonchev–Trinajstić information content (AvgIpc) is 2.26. The fraction of sp³-hybridized carbons (Fsp3) is 0.273. The Morgan fingerprint density at radius 3 is 2.41 bits per heavy atom. The fourth-order valence-electron chi connectivity index (χ4n) is 1.18. The van der Waals surface area contributed by atoms with Crippen LogP contribution in [0.1, 0.15) is 12.8 Å². The van der Waals surface area contributed by atoms with Crippen LogP contribution in [0.4, 0.5) is 5.69 Å². The van der Waals surface area contributed by atoms with Crippen LogP contribution in [-0.4, -0.2) is 20.6 Å². The van der Waals surface area contributed by atoms with Crippen LogP contribution < -0.4 is 5.32 Å². The van der Waals surface area contributed by atoms with Gasteiger partial charge in [0, 0.05) is 24.8 Å². The van der Waals surface area contributed by atoms with Crippen molar-refractivity contribution in [1.29, 1.82) is 5.26 Å². The number of carbonyl (C=O) groups excluding carboxylic acids is 1. The maximum Gasteiger partial charge on any atom is 0.225 e. The molecule has 1 amide bonds. The van der Waals surface area contributed by atoms with E-state index in [0.717, 1.165) is 6.26 Å². The topological polar surface area (TPSA) is 87.0 Å². The summed E-state index contributed by atoms with van der Waals surface area (Å²) in [4.78, 5) is 11.5. The molecule has 0 aromatic heterocycles. The first kappa shape index (κ1) is 13.2. The van der Waals surface area contributed by atoms with E-state index < -0.39 is 9.84 Å². The first-order valence-electron chi connectivity index (χ1n) is 4.90. The van der Waals surface area contributed by atoms with Crippen molar-refractivity contribution in [3.63, 3.8) is 0 Å². The predicted octanol–water partition coefficient (Wildman–Crippen LogP) is 1.33. The normalized spacial score (nSPS) is 10.6. The van der Waals surface area contributed by atoms with Crippen molar-refractivity contribution in [2.75, 3.05) is 11.6 Å². The van der Waals surface area contributed by atoms with Gasteiger partial charge in [0.25, 0.3) is 0 Å². The lowest BCUT2D eigenvalue weighted by Crippen LogP contribution is -2.10. The standard InChI is InChI=1S/C11H12N2O3S/c1-17(15,16)10-6-4-9(5-7-10)13-11(14)3-2-8-12/h4-7H,2-3H2,1H3,(H,13,14). The highest BCUT2D eigenvalue weighted by atomic mass is 32.2. The highest BCUT2D eigenvalue weighted by molar-refractivity contribution is 7.90. The molecule has 17 heavy (non-hydrogen) atoms. The summed E-state index contributed by atoms with van der Waals surface area (Å²) in [5, 5.41) is 10.9. The van der Waals surface area contributed by atoms with Crippen molar-refractivity contribution in [1.82, 2.24) is 0 Å². The van der Waals surface area contributed by atoms with E-state index in [4.69, 9.17) is 5.26 Å². The van der Waals surface area contributed by atoms with Gasteiger partial charge in [0.1, 0.15) is 0 Å². The second-order valence-corrected chi connectivity index (χ2v) is 5.52. The molecule has 0 heterocycles. The summed E-state index contributed by atoms with van der Waals surface area (Å²) < 4.78 is 22.4. The largest absolute Gasteiger partial charge is 0.326 e. The number of rotatable bonds is 4. The smallest absolute Gasteiger partial charge is 0.225 e.